The van der Waals surface area contributed by atoms with Crippen molar-refractivity contribution < 1.29 is 19.1 Å². The molecular formula is C25H22N2O4S. The van der Waals surface area contributed by atoms with Crippen LogP contribution in [0.25, 0.3) is 10.2 Å². The van der Waals surface area contributed by atoms with Crippen molar-refractivity contribution >= 4 is 39.1 Å². The third kappa shape index (κ3) is 5.31. The Labute approximate surface area is 189 Å². The Hall–Kier alpha value is -3.71. The van der Waals surface area contributed by atoms with Crippen LogP contribution in [-0.2, 0) is 11.2 Å². The predicted molar refractivity (Wildman–Crippen MR) is 126 cm³/mol. The minimum atomic E-state index is -0.295. The Bertz CT molecular complexity index is 1200. The van der Waals surface area contributed by atoms with E-state index in [9.17, 15) is 9.59 Å². The summed E-state index contributed by atoms with van der Waals surface area (Å²) in [5.41, 5.74) is 2.03. The van der Waals surface area contributed by atoms with E-state index in [1.54, 1.807) is 59.9 Å². The van der Waals surface area contributed by atoms with Gasteiger partial charge in [0.15, 0.2) is 0 Å². The van der Waals surface area contributed by atoms with E-state index < -0.39 is 0 Å². The molecule has 0 bridgehead atoms. The second-order valence-corrected chi connectivity index (χ2v) is 8.20. The standard InChI is InChI=1S/C25H22N2O4S/c1-30-21-9-4-2-7-19(21)25(29)26-17-13-15-18(16-14-17)31-24(28)12-6-11-23-27-20-8-3-5-10-22(20)32-23/h2-5,7-10,13-16H,6,11-12H2,1H3,(H,26,29). The van der Waals surface area contributed by atoms with Gasteiger partial charge < -0.3 is 14.8 Å². The number of nitrogens with one attached hydrogen (secondary N) is 1. The highest BCUT2D eigenvalue weighted by Crippen LogP contribution is 2.23. The number of thiazole rings is 1. The monoisotopic (exact) mass is 446 g/mol. The fourth-order valence-corrected chi connectivity index (χ4v) is 4.24. The van der Waals surface area contributed by atoms with Crippen LogP contribution in [0.1, 0.15) is 28.2 Å². The number of esters is 1. The molecule has 6 nitrogen and oxygen atoms in total. The van der Waals surface area contributed by atoms with E-state index in [4.69, 9.17) is 9.47 Å². The lowest BCUT2D eigenvalue weighted by Crippen LogP contribution is -2.13. The van der Waals surface area contributed by atoms with Crippen molar-refractivity contribution in [1.29, 1.82) is 0 Å². The number of hydrogen-bond donors (Lipinski definition) is 1. The van der Waals surface area contributed by atoms with Gasteiger partial charge in [-0.25, -0.2) is 4.98 Å². The summed E-state index contributed by atoms with van der Waals surface area (Å²) in [6.45, 7) is 0. The van der Waals surface area contributed by atoms with E-state index in [1.165, 1.54) is 7.11 Å². The zero-order chi connectivity index (χ0) is 22.3. The summed E-state index contributed by atoms with van der Waals surface area (Å²) in [6, 6.07) is 21.7. The summed E-state index contributed by atoms with van der Waals surface area (Å²) in [6.07, 6.45) is 1.72. The first kappa shape index (κ1) is 21.5. The number of nitrogens with zero attached hydrogens (tertiary/aromatic N) is 1. The summed E-state index contributed by atoms with van der Waals surface area (Å²) < 4.78 is 11.8. The van der Waals surface area contributed by atoms with E-state index in [-0.39, 0.29) is 11.9 Å². The van der Waals surface area contributed by atoms with Gasteiger partial charge >= 0.3 is 5.97 Å². The number of ether oxygens (including phenoxy) is 2. The first-order valence-corrected chi connectivity index (χ1v) is 11.0. The van der Waals surface area contributed by atoms with Gasteiger partial charge in [-0.05, 0) is 61.4 Å². The summed E-state index contributed by atoms with van der Waals surface area (Å²) in [7, 11) is 1.52. The number of anilines is 1. The minimum Gasteiger partial charge on any atom is -0.496 e. The number of benzene rings is 3. The van der Waals surface area contributed by atoms with Crippen molar-refractivity contribution in [3.63, 3.8) is 0 Å². The lowest BCUT2D eigenvalue weighted by molar-refractivity contribution is -0.134. The number of aryl methyl sites for hydroxylation is 1. The van der Waals surface area contributed by atoms with Crippen LogP contribution in [0.2, 0.25) is 0 Å². The zero-order valence-electron chi connectivity index (χ0n) is 17.5. The first-order chi connectivity index (χ1) is 15.6. The van der Waals surface area contributed by atoms with E-state index in [1.807, 2.05) is 24.3 Å². The Morgan fingerprint density at radius 1 is 0.969 bits per heavy atom. The van der Waals surface area contributed by atoms with Crippen LogP contribution in [0.4, 0.5) is 5.69 Å². The van der Waals surface area contributed by atoms with Crippen LogP contribution in [-0.4, -0.2) is 24.0 Å². The average Bonchev–Trinajstić information content (AvgIpc) is 3.23. The Morgan fingerprint density at radius 3 is 2.50 bits per heavy atom. The smallest absolute Gasteiger partial charge is 0.311 e. The van der Waals surface area contributed by atoms with Gasteiger partial charge in [0.05, 0.1) is 27.9 Å². The molecule has 0 unspecified atom stereocenters. The molecule has 0 atom stereocenters. The molecule has 1 heterocycles. The number of rotatable bonds is 8. The van der Waals surface area contributed by atoms with E-state index in [0.717, 1.165) is 21.6 Å². The van der Waals surface area contributed by atoms with Crippen LogP contribution in [0.15, 0.2) is 72.8 Å². The molecular weight excluding hydrogens is 424 g/mol. The van der Waals surface area contributed by atoms with Crippen molar-refractivity contribution in [2.45, 2.75) is 19.3 Å². The van der Waals surface area contributed by atoms with Crippen molar-refractivity contribution in [2.24, 2.45) is 0 Å². The molecule has 0 saturated heterocycles. The van der Waals surface area contributed by atoms with Crippen LogP contribution >= 0.6 is 11.3 Å². The number of carbonyl (C=O) groups is 2. The van der Waals surface area contributed by atoms with Gasteiger partial charge in [0.25, 0.3) is 5.91 Å². The van der Waals surface area contributed by atoms with Crippen molar-refractivity contribution in [3.05, 3.63) is 83.4 Å². The van der Waals surface area contributed by atoms with Crippen LogP contribution in [0, 0.1) is 0 Å². The molecule has 1 aromatic heterocycles. The molecule has 0 aliphatic rings. The minimum absolute atomic E-state index is 0.276. The molecule has 1 N–H and O–H groups in total. The molecule has 4 aromatic rings. The fourth-order valence-electron chi connectivity index (χ4n) is 3.23. The lowest BCUT2D eigenvalue weighted by Gasteiger charge is -2.10. The van der Waals surface area contributed by atoms with Crippen molar-refractivity contribution in [1.82, 2.24) is 4.98 Å². The van der Waals surface area contributed by atoms with Crippen LogP contribution in [0.3, 0.4) is 0 Å². The normalized spacial score (nSPS) is 10.7. The Kier molecular flexibility index (Phi) is 6.77. The highest BCUT2D eigenvalue weighted by molar-refractivity contribution is 7.18. The molecule has 32 heavy (non-hydrogen) atoms. The second kappa shape index (κ2) is 10.1. The SMILES string of the molecule is COc1ccccc1C(=O)Nc1ccc(OC(=O)CCCc2nc3ccccc3s2)cc1. The molecule has 3 aromatic carbocycles. The Balaban J connectivity index is 1.26. The van der Waals surface area contributed by atoms with Crippen molar-refractivity contribution in [3.8, 4) is 11.5 Å². The van der Waals surface area contributed by atoms with Gasteiger partial charge in [0.1, 0.15) is 11.5 Å². The average molecular weight is 447 g/mol. The first-order valence-electron chi connectivity index (χ1n) is 10.2. The maximum Gasteiger partial charge on any atom is 0.311 e. The fraction of sp³-hybridized carbons (Fsp3) is 0.160. The summed E-state index contributed by atoms with van der Waals surface area (Å²) in [5.74, 6) is 0.366. The summed E-state index contributed by atoms with van der Waals surface area (Å²) in [5, 5.41) is 3.83. The molecule has 0 fully saturated rings. The van der Waals surface area contributed by atoms with Gasteiger partial charge in [0, 0.05) is 12.1 Å². The number of aromatic nitrogens is 1. The molecule has 0 spiro atoms. The maximum atomic E-state index is 12.5. The number of hydrogen-bond acceptors (Lipinski definition) is 6. The molecule has 1 amide bonds. The largest absolute Gasteiger partial charge is 0.496 e. The number of carbonyl (C=O) groups excluding carboxylic acids is 2. The third-order valence-electron chi connectivity index (χ3n) is 4.81. The summed E-state index contributed by atoms with van der Waals surface area (Å²) in [4.78, 5) is 29.2. The molecule has 162 valence electrons. The quantitative estimate of drug-likeness (QED) is 0.286. The number of para-hydroxylation sites is 2. The van der Waals surface area contributed by atoms with E-state index in [0.29, 0.717) is 35.6 Å². The number of fused-ring (bicyclic) bond motifs is 1. The third-order valence-corrected chi connectivity index (χ3v) is 5.90. The second-order valence-electron chi connectivity index (χ2n) is 7.08. The lowest BCUT2D eigenvalue weighted by atomic mass is 10.2. The molecule has 0 saturated carbocycles. The molecule has 7 heteroatoms. The summed E-state index contributed by atoms with van der Waals surface area (Å²) >= 11 is 1.65. The Morgan fingerprint density at radius 2 is 1.72 bits per heavy atom. The van der Waals surface area contributed by atoms with Crippen LogP contribution < -0.4 is 14.8 Å². The number of methoxy groups -OCH3 is 1. The predicted octanol–water partition coefficient (Wildman–Crippen LogP) is 5.49. The molecule has 0 aliphatic heterocycles. The van der Waals surface area contributed by atoms with Gasteiger partial charge in [-0.3, -0.25) is 9.59 Å². The van der Waals surface area contributed by atoms with Gasteiger partial charge in [0.2, 0.25) is 0 Å². The van der Waals surface area contributed by atoms with Crippen molar-refractivity contribution in [2.75, 3.05) is 12.4 Å². The molecule has 0 radical (unpaired) electrons. The van der Waals surface area contributed by atoms with Gasteiger partial charge in [-0.1, -0.05) is 24.3 Å². The topological polar surface area (TPSA) is 77.5 Å². The maximum absolute atomic E-state index is 12.5. The molecule has 4 rings (SSSR count). The van der Waals surface area contributed by atoms with Crippen LogP contribution in [0.5, 0.6) is 11.5 Å². The highest BCUT2D eigenvalue weighted by atomic mass is 32.1. The number of amides is 1. The highest BCUT2D eigenvalue weighted by Gasteiger charge is 2.12. The zero-order valence-corrected chi connectivity index (χ0v) is 18.4. The van der Waals surface area contributed by atoms with E-state index >= 15 is 0 Å². The van der Waals surface area contributed by atoms with E-state index in [2.05, 4.69) is 10.3 Å². The van der Waals surface area contributed by atoms with Gasteiger partial charge in [-0.2, -0.15) is 0 Å². The van der Waals surface area contributed by atoms with Gasteiger partial charge in [-0.15, -0.1) is 11.3 Å². The molecule has 0 aliphatic carbocycles.